The van der Waals surface area contributed by atoms with E-state index in [1.165, 1.54) is 27.9 Å². The molecule has 1 aliphatic heterocycles. The lowest BCUT2D eigenvalue weighted by Crippen LogP contribution is -2.51. The van der Waals surface area contributed by atoms with E-state index in [4.69, 9.17) is 0 Å². The summed E-state index contributed by atoms with van der Waals surface area (Å²) in [5.74, 6) is -2.40. The van der Waals surface area contributed by atoms with E-state index in [1.54, 1.807) is 30.3 Å². The molecule has 1 aromatic carbocycles. The van der Waals surface area contributed by atoms with Crippen LogP contribution in [0.2, 0.25) is 0 Å². The first-order valence-corrected chi connectivity index (χ1v) is 11.0. The Hall–Kier alpha value is -4.61. The predicted octanol–water partition coefficient (Wildman–Crippen LogP) is 4.63. The zero-order valence-corrected chi connectivity index (χ0v) is 19.0. The monoisotopic (exact) mass is 510 g/mol. The molecule has 0 aliphatic carbocycles. The number of likely N-dealkylation sites (tertiary alicyclic amines) is 1. The molecule has 4 heterocycles. The van der Waals surface area contributed by atoms with Crippen molar-refractivity contribution in [3.63, 3.8) is 0 Å². The standard InChI is InChI=1S/C25H18F4N6O2/c1-14(26)24(37)34-12-17(13-34)35-22-18(23(36)32-16-5-3-2-4-6-16)9-10-30-21(22)20(33-35)15-7-8-19(31-11-15)25(27,28)29/h2-11,17H,1,12-13H2,(H,32,36). The molecular weight excluding hydrogens is 492 g/mol. The molecule has 4 aromatic rings. The van der Waals surface area contributed by atoms with E-state index in [0.717, 1.165) is 12.3 Å². The first kappa shape index (κ1) is 24.1. The molecule has 0 atom stereocenters. The zero-order chi connectivity index (χ0) is 26.3. The van der Waals surface area contributed by atoms with Gasteiger partial charge in [0.25, 0.3) is 11.8 Å². The zero-order valence-electron chi connectivity index (χ0n) is 19.0. The SMILES string of the molecule is C=C(F)C(=O)N1CC(n2nc(-c3ccc(C(F)(F)F)nc3)c3nccc(C(=O)Nc4ccccc4)c32)C1. The van der Waals surface area contributed by atoms with Gasteiger partial charge in [0.1, 0.15) is 22.4 Å². The number of alkyl halides is 3. The van der Waals surface area contributed by atoms with Crippen LogP contribution in [0.4, 0.5) is 23.2 Å². The Morgan fingerprint density at radius 3 is 2.38 bits per heavy atom. The summed E-state index contributed by atoms with van der Waals surface area (Å²) in [5.41, 5.74) is 0.767. The second-order valence-corrected chi connectivity index (χ2v) is 8.37. The highest BCUT2D eigenvalue weighted by atomic mass is 19.4. The Bertz CT molecular complexity index is 1510. The molecule has 1 aliphatic rings. The second-order valence-electron chi connectivity index (χ2n) is 8.37. The molecule has 0 radical (unpaired) electrons. The molecule has 1 saturated heterocycles. The van der Waals surface area contributed by atoms with Crippen molar-refractivity contribution in [2.24, 2.45) is 0 Å². The number of pyridine rings is 2. The molecule has 0 spiro atoms. The van der Waals surface area contributed by atoms with Gasteiger partial charge in [0, 0.05) is 36.7 Å². The van der Waals surface area contributed by atoms with Gasteiger partial charge in [-0.05, 0) is 30.3 Å². The topological polar surface area (TPSA) is 93.0 Å². The van der Waals surface area contributed by atoms with Gasteiger partial charge in [0.05, 0.1) is 11.6 Å². The molecule has 1 N–H and O–H groups in total. The van der Waals surface area contributed by atoms with Crippen molar-refractivity contribution in [1.29, 1.82) is 0 Å². The molecule has 8 nitrogen and oxygen atoms in total. The molecule has 3 aromatic heterocycles. The van der Waals surface area contributed by atoms with Crippen LogP contribution in [0.5, 0.6) is 0 Å². The number of carbonyl (C=O) groups is 2. The van der Waals surface area contributed by atoms with Crippen LogP contribution in [0, 0.1) is 0 Å². The maximum absolute atomic E-state index is 13.3. The third-order valence-electron chi connectivity index (χ3n) is 5.92. The third-order valence-corrected chi connectivity index (χ3v) is 5.92. The van der Waals surface area contributed by atoms with Gasteiger partial charge in [-0.15, -0.1) is 0 Å². The number of carbonyl (C=O) groups excluding carboxylic acids is 2. The van der Waals surface area contributed by atoms with Crippen LogP contribution >= 0.6 is 0 Å². The van der Waals surface area contributed by atoms with Crippen LogP contribution in [0.1, 0.15) is 22.1 Å². The van der Waals surface area contributed by atoms with E-state index in [9.17, 15) is 27.2 Å². The summed E-state index contributed by atoms with van der Waals surface area (Å²) in [7, 11) is 0. The van der Waals surface area contributed by atoms with Gasteiger partial charge in [-0.2, -0.15) is 18.3 Å². The first-order valence-electron chi connectivity index (χ1n) is 11.0. The van der Waals surface area contributed by atoms with Gasteiger partial charge in [-0.3, -0.25) is 24.2 Å². The van der Waals surface area contributed by atoms with Crippen molar-refractivity contribution in [1.82, 2.24) is 24.6 Å². The van der Waals surface area contributed by atoms with Crippen molar-refractivity contribution in [2.45, 2.75) is 12.2 Å². The molecule has 1 fully saturated rings. The van der Waals surface area contributed by atoms with Crippen molar-refractivity contribution < 1.29 is 27.2 Å². The van der Waals surface area contributed by atoms with Crippen LogP contribution in [-0.2, 0) is 11.0 Å². The van der Waals surface area contributed by atoms with Gasteiger partial charge in [-0.1, -0.05) is 24.8 Å². The van der Waals surface area contributed by atoms with E-state index in [0.29, 0.717) is 11.2 Å². The molecule has 12 heteroatoms. The molecule has 0 bridgehead atoms. The minimum atomic E-state index is -4.61. The summed E-state index contributed by atoms with van der Waals surface area (Å²) >= 11 is 0. The summed E-state index contributed by atoms with van der Waals surface area (Å²) < 4.78 is 53.9. The Morgan fingerprint density at radius 1 is 1.03 bits per heavy atom. The van der Waals surface area contributed by atoms with Crippen LogP contribution in [-0.4, -0.2) is 49.6 Å². The third kappa shape index (κ3) is 4.53. The highest BCUT2D eigenvalue weighted by Crippen LogP contribution is 2.35. The summed E-state index contributed by atoms with van der Waals surface area (Å²) in [6, 6.07) is 11.9. The molecule has 0 unspecified atom stereocenters. The minimum Gasteiger partial charge on any atom is -0.332 e. The summed E-state index contributed by atoms with van der Waals surface area (Å²) in [5, 5.41) is 7.36. The number of halogens is 4. The van der Waals surface area contributed by atoms with Crippen molar-refractivity contribution in [2.75, 3.05) is 18.4 Å². The van der Waals surface area contributed by atoms with Crippen LogP contribution < -0.4 is 5.32 Å². The van der Waals surface area contributed by atoms with Crippen molar-refractivity contribution >= 4 is 28.5 Å². The van der Waals surface area contributed by atoms with Gasteiger partial charge in [0.15, 0.2) is 5.83 Å². The number of nitrogens with zero attached hydrogens (tertiary/aromatic N) is 5. The van der Waals surface area contributed by atoms with Crippen molar-refractivity contribution in [3.8, 4) is 11.3 Å². The first-order chi connectivity index (χ1) is 17.6. The summed E-state index contributed by atoms with van der Waals surface area (Å²) in [6.45, 7) is 3.21. The highest BCUT2D eigenvalue weighted by molar-refractivity contribution is 6.13. The molecular formula is C25H18F4N6O2. The Labute approximate surface area is 207 Å². The Morgan fingerprint density at radius 2 is 1.76 bits per heavy atom. The highest BCUT2D eigenvalue weighted by Gasteiger charge is 2.37. The van der Waals surface area contributed by atoms with Gasteiger partial charge in [0.2, 0.25) is 0 Å². The lowest BCUT2D eigenvalue weighted by Gasteiger charge is -2.39. The van der Waals surface area contributed by atoms with Crippen LogP contribution in [0.25, 0.3) is 22.3 Å². The normalized spacial score (nSPS) is 13.9. The number of para-hydroxylation sites is 1. The average molecular weight is 510 g/mol. The Balaban J connectivity index is 1.59. The number of benzene rings is 1. The number of fused-ring (bicyclic) bond motifs is 1. The number of aromatic nitrogens is 4. The Kier molecular flexibility index (Phi) is 5.94. The minimum absolute atomic E-state index is 0.0951. The van der Waals surface area contributed by atoms with Crippen LogP contribution in [0.15, 0.2) is 73.3 Å². The second kappa shape index (κ2) is 9.12. The van der Waals surface area contributed by atoms with Gasteiger partial charge >= 0.3 is 6.18 Å². The molecule has 2 amide bonds. The van der Waals surface area contributed by atoms with Crippen molar-refractivity contribution in [3.05, 3.63) is 84.6 Å². The van der Waals surface area contributed by atoms with E-state index in [2.05, 4.69) is 27.0 Å². The summed E-state index contributed by atoms with van der Waals surface area (Å²) in [6.07, 6.45) is -2.17. The number of nitrogens with one attached hydrogen (secondary N) is 1. The number of amides is 2. The predicted molar refractivity (Wildman–Crippen MR) is 126 cm³/mol. The van der Waals surface area contributed by atoms with Gasteiger partial charge < -0.3 is 10.2 Å². The van der Waals surface area contributed by atoms with E-state index in [-0.39, 0.29) is 35.4 Å². The quantitative estimate of drug-likeness (QED) is 0.312. The fourth-order valence-corrected chi connectivity index (χ4v) is 4.08. The molecule has 188 valence electrons. The lowest BCUT2D eigenvalue weighted by molar-refractivity contribution is -0.141. The molecule has 37 heavy (non-hydrogen) atoms. The molecule has 0 saturated carbocycles. The largest absolute Gasteiger partial charge is 0.433 e. The van der Waals surface area contributed by atoms with Gasteiger partial charge in [-0.25, -0.2) is 4.39 Å². The lowest BCUT2D eigenvalue weighted by atomic mass is 10.1. The molecule has 5 rings (SSSR count). The summed E-state index contributed by atoms with van der Waals surface area (Å²) in [4.78, 5) is 34.3. The average Bonchev–Trinajstić information content (AvgIpc) is 3.22. The number of anilines is 1. The smallest absolute Gasteiger partial charge is 0.332 e. The van der Waals surface area contributed by atoms with E-state index in [1.807, 2.05) is 0 Å². The number of hydrogen-bond donors (Lipinski definition) is 1. The van der Waals surface area contributed by atoms with E-state index < -0.39 is 35.6 Å². The fourth-order valence-electron chi connectivity index (χ4n) is 4.08. The fraction of sp³-hybridized carbons (Fsp3) is 0.160. The van der Waals surface area contributed by atoms with Crippen LogP contribution in [0.3, 0.4) is 0 Å². The maximum Gasteiger partial charge on any atom is 0.433 e. The van der Waals surface area contributed by atoms with E-state index >= 15 is 0 Å². The maximum atomic E-state index is 13.3. The number of hydrogen-bond acceptors (Lipinski definition) is 5. The number of rotatable bonds is 5.